The van der Waals surface area contributed by atoms with Crippen LogP contribution in [0.1, 0.15) is 16.8 Å². The van der Waals surface area contributed by atoms with Crippen molar-refractivity contribution in [2.45, 2.75) is 12.5 Å². The molecule has 1 aromatic rings. The van der Waals surface area contributed by atoms with Gasteiger partial charge in [-0.1, -0.05) is 11.6 Å². The monoisotopic (exact) mass is 297 g/mol. The summed E-state index contributed by atoms with van der Waals surface area (Å²) in [6.45, 7) is 2.06. The van der Waals surface area contributed by atoms with Gasteiger partial charge in [-0.15, -0.1) is 0 Å². The molecule has 2 rings (SSSR count). The molecule has 20 heavy (non-hydrogen) atoms. The molecule has 1 N–H and O–H groups in total. The summed E-state index contributed by atoms with van der Waals surface area (Å²) < 4.78 is 5.20. The second kappa shape index (κ2) is 6.83. The zero-order valence-corrected chi connectivity index (χ0v) is 11.7. The summed E-state index contributed by atoms with van der Waals surface area (Å²) in [6.07, 6.45) is -0.0447. The Bertz CT molecular complexity index is 482. The number of morpholine rings is 1. The number of carbonyl (C=O) groups excluding carboxylic acids is 1. The molecule has 0 amide bonds. The van der Waals surface area contributed by atoms with E-state index in [0.717, 1.165) is 0 Å². The van der Waals surface area contributed by atoms with Crippen molar-refractivity contribution < 1.29 is 19.4 Å². The summed E-state index contributed by atoms with van der Waals surface area (Å²) in [5.74, 6) is -1.17. The summed E-state index contributed by atoms with van der Waals surface area (Å²) in [4.78, 5) is 25.3. The smallest absolute Gasteiger partial charge is 0.321 e. The number of ether oxygens (including phenoxy) is 1. The topological polar surface area (TPSA) is 66.8 Å². The Balaban J connectivity index is 2.05. The van der Waals surface area contributed by atoms with Gasteiger partial charge in [-0.05, 0) is 24.3 Å². The Morgan fingerprint density at radius 3 is 2.40 bits per heavy atom. The zero-order chi connectivity index (χ0) is 14.5. The van der Waals surface area contributed by atoms with Gasteiger partial charge in [0.05, 0.1) is 13.2 Å². The average Bonchev–Trinajstić information content (AvgIpc) is 2.46. The maximum Gasteiger partial charge on any atom is 0.321 e. The molecule has 0 aromatic heterocycles. The average molecular weight is 298 g/mol. The minimum absolute atomic E-state index is 0.0447. The van der Waals surface area contributed by atoms with Crippen molar-refractivity contribution in [1.29, 1.82) is 0 Å². The van der Waals surface area contributed by atoms with Gasteiger partial charge in [-0.2, -0.15) is 0 Å². The maximum absolute atomic E-state index is 12.1. The Morgan fingerprint density at radius 1 is 1.25 bits per heavy atom. The van der Waals surface area contributed by atoms with Crippen LogP contribution in [0.5, 0.6) is 0 Å². The molecule has 108 valence electrons. The number of carbonyl (C=O) groups is 2. The number of hydrogen-bond donors (Lipinski definition) is 1. The highest BCUT2D eigenvalue weighted by atomic mass is 35.5. The van der Waals surface area contributed by atoms with Gasteiger partial charge >= 0.3 is 5.97 Å². The van der Waals surface area contributed by atoms with Crippen molar-refractivity contribution in [3.05, 3.63) is 34.9 Å². The van der Waals surface area contributed by atoms with Crippen LogP contribution >= 0.6 is 11.6 Å². The Labute approximate surface area is 122 Å². The number of Topliss-reactive ketones (excluding diaryl/α,β-unsaturated/α-hetero) is 1. The van der Waals surface area contributed by atoms with Crippen LogP contribution in [0.2, 0.25) is 5.02 Å². The van der Waals surface area contributed by atoms with Crippen molar-refractivity contribution in [2.75, 3.05) is 26.3 Å². The van der Waals surface area contributed by atoms with Gasteiger partial charge in [0.15, 0.2) is 5.78 Å². The minimum Gasteiger partial charge on any atom is -0.480 e. The third kappa shape index (κ3) is 3.79. The Kier molecular flexibility index (Phi) is 5.11. The van der Waals surface area contributed by atoms with Gasteiger partial charge in [-0.25, -0.2) is 0 Å². The van der Waals surface area contributed by atoms with E-state index in [-0.39, 0.29) is 12.2 Å². The molecule has 6 heteroatoms. The molecule has 0 radical (unpaired) electrons. The fourth-order valence-corrected chi connectivity index (χ4v) is 2.32. The first kappa shape index (κ1) is 15.0. The molecule has 0 bridgehead atoms. The lowest BCUT2D eigenvalue weighted by Crippen LogP contribution is -2.48. The SMILES string of the molecule is O=C(C[C@H](C(=O)O)N1CCOCC1)c1ccc(Cl)cc1. The molecular formula is C14H16ClNO4. The molecule has 0 unspecified atom stereocenters. The standard InChI is InChI=1S/C14H16ClNO4/c15-11-3-1-10(2-4-11)13(17)9-12(14(18)19)16-5-7-20-8-6-16/h1-4,12H,5-9H2,(H,18,19)/t12-/m1/s1. The number of carboxylic acid groups (broad SMARTS) is 1. The highest BCUT2D eigenvalue weighted by Crippen LogP contribution is 2.15. The van der Waals surface area contributed by atoms with Crippen molar-refractivity contribution in [2.24, 2.45) is 0 Å². The van der Waals surface area contributed by atoms with Gasteiger partial charge in [0.25, 0.3) is 0 Å². The number of nitrogens with zero attached hydrogens (tertiary/aromatic N) is 1. The van der Waals surface area contributed by atoms with Crippen LogP contribution in [0.15, 0.2) is 24.3 Å². The normalized spacial score (nSPS) is 17.6. The summed E-state index contributed by atoms with van der Waals surface area (Å²) in [6, 6.07) is 5.67. The largest absolute Gasteiger partial charge is 0.480 e. The van der Waals surface area contributed by atoms with E-state index < -0.39 is 12.0 Å². The Hall–Kier alpha value is -1.43. The highest BCUT2D eigenvalue weighted by Gasteiger charge is 2.29. The van der Waals surface area contributed by atoms with Gasteiger partial charge in [0.1, 0.15) is 6.04 Å². The van der Waals surface area contributed by atoms with Crippen LogP contribution in [0.4, 0.5) is 0 Å². The molecule has 0 spiro atoms. The summed E-state index contributed by atoms with van der Waals surface area (Å²) in [5, 5.41) is 9.86. The lowest BCUT2D eigenvalue weighted by atomic mass is 10.0. The molecule has 1 aromatic carbocycles. The molecule has 1 atom stereocenters. The number of hydrogen-bond acceptors (Lipinski definition) is 4. The first-order valence-electron chi connectivity index (χ1n) is 6.41. The van der Waals surface area contributed by atoms with E-state index in [9.17, 15) is 14.7 Å². The van der Waals surface area contributed by atoms with E-state index in [1.165, 1.54) is 0 Å². The van der Waals surface area contributed by atoms with Crippen LogP contribution < -0.4 is 0 Å². The van der Waals surface area contributed by atoms with E-state index in [1.54, 1.807) is 29.2 Å². The third-order valence-electron chi connectivity index (χ3n) is 3.32. The fraction of sp³-hybridized carbons (Fsp3) is 0.429. The number of halogens is 1. The van der Waals surface area contributed by atoms with Gasteiger partial charge in [-0.3, -0.25) is 14.5 Å². The van der Waals surface area contributed by atoms with Crippen LogP contribution in [0, 0.1) is 0 Å². The second-order valence-corrected chi connectivity index (χ2v) is 5.07. The van der Waals surface area contributed by atoms with Gasteiger partial charge < -0.3 is 9.84 Å². The maximum atomic E-state index is 12.1. The van der Waals surface area contributed by atoms with Crippen LogP contribution in [0.25, 0.3) is 0 Å². The molecule has 0 aliphatic carbocycles. The second-order valence-electron chi connectivity index (χ2n) is 4.64. The summed E-state index contributed by atoms with van der Waals surface area (Å²) in [7, 11) is 0. The van der Waals surface area contributed by atoms with Crippen molar-refractivity contribution in [1.82, 2.24) is 4.90 Å². The molecule has 5 nitrogen and oxygen atoms in total. The molecule has 1 aliphatic rings. The van der Waals surface area contributed by atoms with Crippen molar-refractivity contribution in [3.63, 3.8) is 0 Å². The van der Waals surface area contributed by atoms with Crippen LogP contribution in [0.3, 0.4) is 0 Å². The highest BCUT2D eigenvalue weighted by molar-refractivity contribution is 6.30. The van der Waals surface area contributed by atoms with E-state index in [4.69, 9.17) is 16.3 Å². The molecular weight excluding hydrogens is 282 g/mol. The first-order valence-corrected chi connectivity index (χ1v) is 6.79. The number of aliphatic carboxylic acids is 1. The van der Waals surface area contributed by atoms with Crippen molar-refractivity contribution >= 4 is 23.4 Å². The van der Waals surface area contributed by atoms with E-state index in [1.807, 2.05) is 0 Å². The van der Waals surface area contributed by atoms with Gasteiger partial charge in [0.2, 0.25) is 0 Å². The van der Waals surface area contributed by atoms with E-state index in [2.05, 4.69) is 0 Å². The quantitative estimate of drug-likeness (QED) is 0.838. The number of benzene rings is 1. The number of carboxylic acids is 1. The predicted octanol–water partition coefficient (Wildman–Crippen LogP) is 1.70. The fourth-order valence-electron chi connectivity index (χ4n) is 2.19. The van der Waals surface area contributed by atoms with Crippen LogP contribution in [-0.2, 0) is 9.53 Å². The van der Waals surface area contributed by atoms with E-state index in [0.29, 0.717) is 36.9 Å². The summed E-state index contributed by atoms with van der Waals surface area (Å²) in [5.41, 5.74) is 0.480. The molecule has 0 saturated carbocycles. The molecule has 1 fully saturated rings. The number of rotatable bonds is 5. The lowest BCUT2D eigenvalue weighted by Gasteiger charge is -2.31. The molecule has 1 saturated heterocycles. The zero-order valence-electron chi connectivity index (χ0n) is 10.9. The third-order valence-corrected chi connectivity index (χ3v) is 3.57. The van der Waals surface area contributed by atoms with E-state index >= 15 is 0 Å². The minimum atomic E-state index is -0.978. The molecule has 1 heterocycles. The first-order chi connectivity index (χ1) is 9.58. The van der Waals surface area contributed by atoms with Crippen molar-refractivity contribution in [3.8, 4) is 0 Å². The van der Waals surface area contributed by atoms with Crippen LogP contribution in [-0.4, -0.2) is 54.1 Å². The Morgan fingerprint density at radius 2 is 1.85 bits per heavy atom. The summed E-state index contributed by atoms with van der Waals surface area (Å²) >= 11 is 5.77. The number of ketones is 1. The predicted molar refractivity (Wildman–Crippen MR) is 74.2 cm³/mol. The van der Waals surface area contributed by atoms with Gasteiger partial charge in [0, 0.05) is 30.1 Å². The molecule has 1 aliphatic heterocycles. The lowest BCUT2D eigenvalue weighted by molar-refractivity contribution is -0.144.